The number of halogens is 1. The minimum Gasteiger partial charge on any atom is -0.355 e. The Bertz CT molecular complexity index is 640. The Hall–Kier alpha value is -2.24. The second-order valence-corrected chi connectivity index (χ2v) is 6.08. The highest BCUT2D eigenvalue weighted by Gasteiger charge is 2.17. The molecule has 0 spiro atoms. The van der Waals surface area contributed by atoms with Gasteiger partial charge in [0.15, 0.2) is 5.82 Å². The van der Waals surface area contributed by atoms with Crippen LogP contribution in [0.5, 0.6) is 0 Å². The van der Waals surface area contributed by atoms with E-state index in [2.05, 4.69) is 32.3 Å². The summed E-state index contributed by atoms with van der Waals surface area (Å²) in [5.74, 6) is 1.96. The van der Waals surface area contributed by atoms with Gasteiger partial charge in [0.25, 0.3) is 0 Å². The lowest BCUT2D eigenvalue weighted by atomic mass is 9.99. The van der Waals surface area contributed by atoms with Crippen molar-refractivity contribution in [2.24, 2.45) is 5.92 Å². The Kier molecular flexibility index (Phi) is 5.00. The summed E-state index contributed by atoms with van der Waals surface area (Å²) in [5.41, 5.74) is 0.689. The Morgan fingerprint density at radius 2 is 2.04 bits per heavy atom. The molecule has 6 heteroatoms. The van der Waals surface area contributed by atoms with Crippen molar-refractivity contribution in [3.63, 3.8) is 0 Å². The van der Waals surface area contributed by atoms with E-state index in [-0.39, 0.29) is 5.82 Å². The highest BCUT2D eigenvalue weighted by molar-refractivity contribution is 5.40. The second-order valence-electron chi connectivity index (χ2n) is 6.08. The summed E-state index contributed by atoms with van der Waals surface area (Å²) in [7, 11) is 0. The van der Waals surface area contributed by atoms with Gasteiger partial charge in [-0.1, -0.05) is 25.1 Å². The monoisotopic (exact) mass is 315 g/mol. The van der Waals surface area contributed by atoms with Crippen molar-refractivity contribution in [3.05, 3.63) is 41.8 Å². The normalized spacial score (nSPS) is 15.7. The molecule has 122 valence electrons. The minimum absolute atomic E-state index is 0.176. The number of rotatable bonds is 5. The van der Waals surface area contributed by atoms with Crippen LogP contribution in [0.2, 0.25) is 0 Å². The third kappa shape index (κ3) is 4.15. The molecule has 0 unspecified atom stereocenters. The zero-order valence-corrected chi connectivity index (χ0v) is 13.4. The Labute approximate surface area is 136 Å². The Morgan fingerprint density at radius 3 is 2.83 bits per heavy atom. The third-order valence-electron chi connectivity index (χ3n) is 4.29. The van der Waals surface area contributed by atoms with Crippen LogP contribution in [-0.2, 0) is 6.42 Å². The molecule has 1 aliphatic rings. The zero-order chi connectivity index (χ0) is 16.1. The van der Waals surface area contributed by atoms with Crippen molar-refractivity contribution < 1.29 is 4.39 Å². The first kappa shape index (κ1) is 15.6. The third-order valence-corrected chi connectivity index (χ3v) is 4.29. The van der Waals surface area contributed by atoms with Crippen LogP contribution in [-0.4, -0.2) is 34.8 Å². The molecule has 1 aliphatic heterocycles. The summed E-state index contributed by atoms with van der Waals surface area (Å²) in [6.45, 7) is 4.87. The lowest BCUT2D eigenvalue weighted by Crippen LogP contribution is -2.33. The van der Waals surface area contributed by atoms with Crippen LogP contribution in [0.25, 0.3) is 0 Å². The predicted molar refractivity (Wildman–Crippen MR) is 89.0 cm³/mol. The topological polar surface area (TPSA) is 53.9 Å². The molecule has 0 saturated carbocycles. The molecule has 2 aromatic rings. The summed E-state index contributed by atoms with van der Waals surface area (Å²) in [5, 5.41) is 11.2. The van der Waals surface area contributed by atoms with E-state index in [1.54, 1.807) is 18.3 Å². The molecule has 23 heavy (non-hydrogen) atoms. The van der Waals surface area contributed by atoms with Crippen molar-refractivity contribution >= 4 is 11.8 Å². The fourth-order valence-electron chi connectivity index (χ4n) is 2.77. The smallest absolute Gasteiger partial charge is 0.244 e. The molecule has 2 heterocycles. The van der Waals surface area contributed by atoms with Gasteiger partial charge in [-0.25, -0.2) is 4.39 Å². The van der Waals surface area contributed by atoms with Crippen LogP contribution in [0.3, 0.4) is 0 Å². The SMILES string of the molecule is CC1CCN(c2cnnc(NCCc3ccccc3F)n2)CC1. The fourth-order valence-corrected chi connectivity index (χ4v) is 2.77. The standard InChI is InChI=1S/C17H22FN5/c1-13-7-10-23(11-8-13)16-12-20-22-17(21-16)19-9-6-14-4-2-3-5-15(14)18/h2-5,12-13H,6-11H2,1H3,(H,19,21,22). The van der Waals surface area contributed by atoms with Crippen molar-refractivity contribution in [2.45, 2.75) is 26.2 Å². The Balaban J connectivity index is 1.56. The molecular weight excluding hydrogens is 293 g/mol. The van der Waals surface area contributed by atoms with E-state index in [1.807, 2.05) is 6.07 Å². The molecular formula is C17H22FN5. The first-order valence-electron chi connectivity index (χ1n) is 8.14. The van der Waals surface area contributed by atoms with Gasteiger partial charge in [0.2, 0.25) is 5.95 Å². The summed E-state index contributed by atoms with van der Waals surface area (Å²) < 4.78 is 13.6. The molecule has 1 aromatic heterocycles. The van der Waals surface area contributed by atoms with Crippen LogP contribution >= 0.6 is 0 Å². The zero-order valence-electron chi connectivity index (χ0n) is 13.4. The number of benzene rings is 1. The predicted octanol–water partition coefficient (Wildman–Crippen LogP) is 2.90. The number of nitrogens with zero attached hydrogens (tertiary/aromatic N) is 4. The van der Waals surface area contributed by atoms with Gasteiger partial charge in [0.1, 0.15) is 5.82 Å². The first-order valence-corrected chi connectivity index (χ1v) is 8.14. The van der Waals surface area contributed by atoms with Crippen LogP contribution in [0.1, 0.15) is 25.3 Å². The van der Waals surface area contributed by atoms with Gasteiger partial charge in [0.05, 0.1) is 6.20 Å². The molecule has 0 aliphatic carbocycles. The largest absolute Gasteiger partial charge is 0.355 e. The van der Waals surface area contributed by atoms with Crippen LogP contribution in [0, 0.1) is 11.7 Å². The summed E-state index contributed by atoms with van der Waals surface area (Å²) in [4.78, 5) is 6.77. The maximum absolute atomic E-state index is 13.6. The number of nitrogens with one attached hydrogen (secondary N) is 1. The maximum atomic E-state index is 13.6. The summed E-state index contributed by atoms with van der Waals surface area (Å²) in [6.07, 6.45) is 4.65. The van der Waals surface area contributed by atoms with Crippen molar-refractivity contribution in [2.75, 3.05) is 29.9 Å². The highest BCUT2D eigenvalue weighted by Crippen LogP contribution is 2.21. The van der Waals surface area contributed by atoms with Crippen molar-refractivity contribution in [3.8, 4) is 0 Å². The molecule has 3 rings (SSSR count). The Morgan fingerprint density at radius 1 is 1.26 bits per heavy atom. The number of anilines is 2. The highest BCUT2D eigenvalue weighted by atomic mass is 19.1. The molecule has 1 aromatic carbocycles. The number of hydrogen-bond donors (Lipinski definition) is 1. The summed E-state index contributed by atoms with van der Waals surface area (Å²) >= 11 is 0. The van der Waals surface area contributed by atoms with Gasteiger partial charge in [0, 0.05) is 19.6 Å². The number of aromatic nitrogens is 3. The molecule has 1 saturated heterocycles. The molecule has 0 amide bonds. The summed E-state index contributed by atoms with van der Waals surface area (Å²) in [6, 6.07) is 6.81. The van der Waals surface area contributed by atoms with Gasteiger partial charge >= 0.3 is 0 Å². The van der Waals surface area contributed by atoms with Crippen LogP contribution in [0.15, 0.2) is 30.5 Å². The van der Waals surface area contributed by atoms with Crippen molar-refractivity contribution in [1.82, 2.24) is 15.2 Å². The van der Waals surface area contributed by atoms with E-state index in [1.165, 1.54) is 18.9 Å². The van der Waals surface area contributed by atoms with E-state index in [9.17, 15) is 4.39 Å². The van der Waals surface area contributed by atoms with E-state index in [0.29, 0.717) is 24.5 Å². The molecule has 1 fully saturated rings. The molecule has 0 bridgehead atoms. The minimum atomic E-state index is -0.176. The van der Waals surface area contributed by atoms with Crippen molar-refractivity contribution in [1.29, 1.82) is 0 Å². The first-order chi connectivity index (χ1) is 11.2. The van der Waals surface area contributed by atoms with Gasteiger partial charge < -0.3 is 10.2 Å². The van der Waals surface area contributed by atoms with E-state index < -0.39 is 0 Å². The number of piperidine rings is 1. The molecule has 5 nitrogen and oxygen atoms in total. The average molecular weight is 315 g/mol. The average Bonchev–Trinajstić information content (AvgIpc) is 2.58. The molecule has 1 N–H and O–H groups in total. The van der Waals surface area contributed by atoms with Gasteiger partial charge in [-0.05, 0) is 36.8 Å². The van der Waals surface area contributed by atoms with E-state index in [4.69, 9.17) is 0 Å². The van der Waals surface area contributed by atoms with E-state index >= 15 is 0 Å². The van der Waals surface area contributed by atoms with Gasteiger partial charge in [-0.3, -0.25) is 0 Å². The number of hydrogen-bond acceptors (Lipinski definition) is 5. The lowest BCUT2D eigenvalue weighted by molar-refractivity contribution is 0.436. The second kappa shape index (κ2) is 7.35. The lowest BCUT2D eigenvalue weighted by Gasteiger charge is -2.30. The maximum Gasteiger partial charge on any atom is 0.244 e. The van der Waals surface area contributed by atoms with Gasteiger partial charge in [-0.2, -0.15) is 10.1 Å². The molecule has 0 radical (unpaired) electrons. The fraction of sp³-hybridized carbons (Fsp3) is 0.471. The van der Waals surface area contributed by atoms with Gasteiger partial charge in [-0.15, -0.1) is 5.10 Å². The van der Waals surface area contributed by atoms with Crippen LogP contribution < -0.4 is 10.2 Å². The van der Waals surface area contributed by atoms with Crippen LogP contribution in [0.4, 0.5) is 16.2 Å². The quantitative estimate of drug-likeness (QED) is 0.919. The molecule has 0 atom stereocenters. The van der Waals surface area contributed by atoms with E-state index in [0.717, 1.165) is 24.8 Å².